The van der Waals surface area contributed by atoms with Crippen LogP contribution >= 0.6 is 11.3 Å². The summed E-state index contributed by atoms with van der Waals surface area (Å²) in [4.78, 5) is 17.0. The van der Waals surface area contributed by atoms with Crippen LogP contribution in [0.1, 0.15) is 18.9 Å². The molecule has 2 aromatic carbocycles. The van der Waals surface area contributed by atoms with Gasteiger partial charge in [-0.1, -0.05) is 37.3 Å². The Bertz CT molecular complexity index is 959. The van der Waals surface area contributed by atoms with Crippen molar-refractivity contribution in [3.05, 3.63) is 65.5 Å². The summed E-state index contributed by atoms with van der Waals surface area (Å²) in [6.07, 6.45) is 1.10. The van der Waals surface area contributed by atoms with E-state index in [1.807, 2.05) is 54.6 Å². The Balaban J connectivity index is 1.99. The normalized spacial score (nSPS) is 10.5. The molecular weight excluding hydrogens is 370 g/mol. The number of carbonyl (C=O) groups is 1. The van der Waals surface area contributed by atoms with Gasteiger partial charge in [-0.2, -0.15) is 4.99 Å². The molecule has 0 aliphatic carbocycles. The number of nitrogens with zero attached hydrogens (tertiary/aromatic N) is 1. The predicted molar refractivity (Wildman–Crippen MR) is 115 cm³/mol. The number of hydrogen-bond acceptors (Lipinski definition) is 3. The van der Waals surface area contributed by atoms with E-state index in [1.54, 1.807) is 11.3 Å². The Hall–Kier alpha value is -3.12. The van der Waals surface area contributed by atoms with Crippen molar-refractivity contribution < 1.29 is 9.53 Å². The molecule has 0 aliphatic heterocycles. The van der Waals surface area contributed by atoms with Gasteiger partial charge >= 0.3 is 0 Å². The second-order valence-corrected chi connectivity index (χ2v) is 7.18. The average Bonchev–Trinajstić information content (AvgIpc) is 3.10. The predicted octanol–water partition coefficient (Wildman–Crippen LogP) is 4.21. The van der Waals surface area contributed by atoms with Crippen LogP contribution in [-0.4, -0.2) is 18.5 Å². The van der Waals surface area contributed by atoms with Crippen molar-refractivity contribution in [2.75, 3.05) is 6.61 Å². The molecule has 0 saturated heterocycles. The molecule has 0 aliphatic rings. The summed E-state index contributed by atoms with van der Waals surface area (Å²) in [5.41, 5.74) is 14.8. The van der Waals surface area contributed by atoms with Gasteiger partial charge in [-0.3, -0.25) is 4.79 Å². The van der Waals surface area contributed by atoms with Gasteiger partial charge in [0.2, 0.25) is 0 Å². The van der Waals surface area contributed by atoms with E-state index in [2.05, 4.69) is 17.3 Å². The summed E-state index contributed by atoms with van der Waals surface area (Å²) in [5.74, 6) is 0.253. The Kier molecular flexibility index (Phi) is 6.45. The van der Waals surface area contributed by atoms with Gasteiger partial charge in [-0.05, 0) is 58.3 Å². The number of thiophene rings is 1. The first kappa shape index (κ1) is 19.6. The molecule has 0 fully saturated rings. The molecule has 144 valence electrons. The third kappa shape index (κ3) is 4.78. The van der Waals surface area contributed by atoms with Gasteiger partial charge in [0.05, 0.1) is 13.0 Å². The fourth-order valence-electron chi connectivity index (χ4n) is 2.92. The molecule has 0 saturated carbocycles. The summed E-state index contributed by atoms with van der Waals surface area (Å²) in [6.45, 7) is 2.76. The zero-order valence-corrected chi connectivity index (χ0v) is 16.5. The smallest absolute Gasteiger partial charge is 0.253 e. The summed E-state index contributed by atoms with van der Waals surface area (Å²) >= 11 is 1.60. The van der Waals surface area contributed by atoms with Crippen molar-refractivity contribution in [3.8, 4) is 27.3 Å². The van der Waals surface area contributed by atoms with Crippen LogP contribution in [0, 0.1) is 0 Å². The van der Waals surface area contributed by atoms with E-state index in [1.165, 1.54) is 0 Å². The number of amides is 1. The van der Waals surface area contributed by atoms with E-state index < -0.39 is 0 Å². The SMILES string of the molecule is CCCOc1ccc(-c2scc(-c3ccccc3)c2CC(=O)N=C(N)N)cc1. The lowest BCUT2D eigenvalue weighted by molar-refractivity contribution is -0.117. The molecule has 5 nitrogen and oxygen atoms in total. The molecule has 0 atom stereocenters. The van der Waals surface area contributed by atoms with Gasteiger partial charge in [-0.25, -0.2) is 0 Å². The number of aliphatic imine (C=N–C) groups is 1. The lowest BCUT2D eigenvalue weighted by Gasteiger charge is -2.09. The largest absolute Gasteiger partial charge is 0.494 e. The first-order chi connectivity index (χ1) is 13.6. The minimum atomic E-state index is -0.361. The molecule has 0 unspecified atom stereocenters. The number of hydrogen-bond donors (Lipinski definition) is 2. The Morgan fingerprint density at radius 1 is 1.04 bits per heavy atom. The minimum absolute atomic E-state index is 0.134. The van der Waals surface area contributed by atoms with Crippen LogP contribution in [0.3, 0.4) is 0 Å². The molecule has 1 heterocycles. The quantitative estimate of drug-likeness (QED) is 0.465. The van der Waals surface area contributed by atoms with Crippen LogP contribution in [0.25, 0.3) is 21.6 Å². The fourth-order valence-corrected chi connectivity index (χ4v) is 4.03. The maximum atomic E-state index is 12.3. The number of ether oxygens (including phenoxy) is 1. The van der Waals surface area contributed by atoms with Crippen molar-refractivity contribution in [1.82, 2.24) is 0 Å². The fraction of sp³-hybridized carbons (Fsp3) is 0.182. The van der Waals surface area contributed by atoms with Gasteiger partial charge in [0.25, 0.3) is 5.91 Å². The van der Waals surface area contributed by atoms with Crippen molar-refractivity contribution in [2.24, 2.45) is 16.5 Å². The number of benzene rings is 2. The molecular formula is C22H23N3O2S. The Morgan fingerprint density at radius 3 is 2.39 bits per heavy atom. The summed E-state index contributed by atoms with van der Waals surface area (Å²) in [5, 5.41) is 2.07. The molecule has 3 rings (SSSR count). The van der Waals surface area contributed by atoms with E-state index in [-0.39, 0.29) is 18.3 Å². The molecule has 1 aromatic heterocycles. The molecule has 6 heteroatoms. The van der Waals surface area contributed by atoms with Gasteiger partial charge in [0.15, 0.2) is 5.96 Å². The van der Waals surface area contributed by atoms with E-state index in [0.29, 0.717) is 6.61 Å². The van der Waals surface area contributed by atoms with Gasteiger partial charge < -0.3 is 16.2 Å². The average molecular weight is 394 g/mol. The standard InChI is InChI=1S/C22H23N3O2S/c1-2-12-27-17-10-8-16(9-11-17)21-18(13-20(26)25-22(23)24)19(14-28-21)15-6-4-3-5-7-15/h3-11,14H,2,12-13H2,1H3,(H4,23,24,25,26). The molecule has 0 radical (unpaired) electrons. The summed E-state index contributed by atoms with van der Waals surface area (Å²) < 4.78 is 5.66. The van der Waals surface area contributed by atoms with E-state index in [0.717, 1.165) is 39.3 Å². The highest BCUT2D eigenvalue weighted by atomic mass is 32.1. The molecule has 1 amide bonds. The molecule has 3 aromatic rings. The third-order valence-corrected chi connectivity index (χ3v) is 5.22. The lowest BCUT2D eigenvalue weighted by atomic mass is 9.98. The monoisotopic (exact) mass is 393 g/mol. The van der Waals surface area contributed by atoms with Gasteiger partial charge in [0, 0.05) is 4.88 Å². The Labute approximate surface area is 168 Å². The van der Waals surface area contributed by atoms with Crippen molar-refractivity contribution >= 4 is 23.2 Å². The van der Waals surface area contributed by atoms with E-state index in [9.17, 15) is 4.79 Å². The Morgan fingerprint density at radius 2 is 1.75 bits per heavy atom. The number of guanidine groups is 1. The molecule has 0 spiro atoms. The number of carbonyl (C=O) groups excluding carboxylic acids is 1. The first-order valence-corrected chi connectivity index (χ1v) is 9.98. The highest BCUT2D eigenvalue weighted by Gasteiger charge is 2.18. The van der Waals surface area contributed by atoms with Crippen LogP contribution in [0.4, 0.5) is 0 Å². The highest BCUT2D eigenvalue weighted by Crippen LogP contribution is 2.39. The maximum Gasteiger partial charge on any atom is 0.253 e. The van der Waals surface area contributed by atoms with Gasteiger partial charge in [-0.15, -0.1) is 11.3 Å². The molecule has 4 N–H and O–H groups in total. The van der Waals surface area contributed by atoms with Crippen molar-refractivity contribution in [1.29, 1.82) is 0 Å². The zero-order valence-electron chi connectivity index (χ0n) is 15.7. The van der Waals surface area contributed by atoms with Crippen LogP contribution in [0.5, 0.6) is 5.75 Å². The lowest BCUT2D eigenvalue weighted by Crippen LogP contribution is -2.24. The van der Waals surface area contributed by atoms with Crippen molar-refractivity contribution in [2.45, 2.75) is 19.8 Å². The number of rotatable bonds is 7. The highest BCUT2D eigenvalue weighted by molar-refractivity contribution is 7.14. The number of nitrogens with two attached hydrogens (primary N) is 2. The summed E-state index contributed by atoms with van der Waals surface area (Å²) in [7, 11) is 0. The van der Waals surface area contributed by atoms with Crippen LogP contribution < -0.4 is 16.2 Å². The molecule has 28 heavy (non-hydrogen) atoms. The van der Waals surface area contributed by atoms with Crippen LogP contribution in [-0.2, 0) is 11.2 Å². The van der Waals surface area contributed by atoms with Gasteiger partial charge in [0.1, 0.15) is 5.75 Å². The van der Waals surface area contributed by atoms with E-state index in [4.69, 9.17) is 16.2 Å². The molecule has 0 bridgehead atoms. The summed E-state index contributed by atoms with van der Waals surface area (Å²) in [6, 6.07) is 17.9. The maximum absolute atomic E-state index is 12.3. The van der Waals surface area contributed by atoms with Crippen LogP contribution in [0.15, 0.2) is 65.0 Å². The van der Waals surface area contributed by atoms with Crippen molar-refractivity contribution in [3.63, 3.8) is 0 Å². The first-order valence-electron chi connectivity index (χ1n) is 9.10. The topological polar surface area (TPSA) is 90.7 Å². The second kappa shape index (κ2) is 9.19. The second-order valence-electron chi connectivity index (χ2n) is 6.30. The van der Waals surface area contributed by atoms with E-state index >= 15 is 0 Å². The minimum Gasteiger partial charge on any atom is -0.494 e. The zero-order chi connectivity index (χ0) is 19.9. The third-order valence-electron chi connectivity index (χ3n) is 4.15. The van der Waals surface area contributed by atoms with Crippen LogP contribution in [0.2, 0.25) is 0 Å².